The number of anilines is 1. The molecule has 2 rings (SSSR count). The van der Waals surface area contributed by atoms with Crippen LogP contribution in [-0.2, 0) is 17.8 Å². The number of aromatic nitrogens is 2. The van der Waals surface area contributed by atoms with E-state index in [0.29, 0.717) is 6.61 Å². The van der Waals surface area contributed by atoms with Crippen LogP contribution < -0.4 is 5.32 Å². The molecule has 0 aliphatic heterocycles. The van der Waals surface area contributed by atoms with Crippen LogP contribution in [0.1, 0.15) is 10.4 Å². The van der Waals surface area contributed by atoms with Gasteiger partial charge in [0.05, 0.1) is 13.2 Å². The highest BCUT2D eigenvalue weighted by atomic mass is 32.1. The third-order valence-corrected chi connectivity index (χ3v) is 3.65. The summed E-state index contributed by atoms with van der Waals surface area (Å²) < 4.78 is 7.13. The Morgan fingerprint density at radius 2 is 2.41 bits per heavy atom. The van der Waals surface area contributed by atoms with E-state index in [1.807, 2.05) is 6.20 Å². The molecule has 0 saturated carbocycles. The van der Waals surface area contributed by atoms with E-state index in [1.54, 1.807) is 24.6 Å². The van der Waals surface area contributed by atoms with E-state index < -0.39 is 0 Å². The van der Waals surface area contributed by atoms with Crippen molar-refractivity contribution in [2.24, 2.45) is 0 Å². The lowest BCUT2D eigenvalue weighted by molar-refractivity contribution is 0.187. The molecular weight excluding hydrogens is 234 g/mol. The first kappa shape index (κ1) is 12.1. The van der Waals surface area contributed by atoms with Crippen LogP contribution in [0.15, 0.2) is 23.8 Å². The molecule has 5 heteroatoms. The number of thiophene rings is 1. The zero-order chi connectivity index (χ0) is 12.1. The Bertz CT molecular complexity index is 464. The van der Waals surface area contributed by atoms with Gasteiger partial charge in [0.25, 0.3) is 0 Å². The largest absolute Gasteiger partial charge is 0.383 e. The van der Waals surface area contributed by atoms with Gasteiger partial charge in [-0.25, -0.2) is 4.98 Å². The molecule has 0 atom stereocenters. The zero-order valence-electron chi connectivity index (χ0n) is 10.1. The highest BCUT2D eigenvalue weighted by molar-refractivity contribution is 7.10. The number of nitrogens with zero attached hydrogens (tertiary/aromatic N) is 2. The summed E-state index contributed by atoms with van der Waals surface area (Å²) in [6.07, 6.45) is 3.77. The summed E-state index contributed by atoms with van der Waals surface area (Å²) in [5.41, 5.74) is 1.33. The fraction of sp³-hybridized carbons (Fsp3) is 0.417. The summed E-state index contributed by atoms with van der Waals surface area (Å²) in [5.74, 6) is 0.898. The van der Waals surface area contributed by atoms with Crippen LogP contribution >= 0.6 is 11.3 Å². The third-order valence-electron chi connectivity index (χ3n) is 2.63. The van der Waals surface area contributed by atoms with Gasteiger partial charge in [-0.3, -0.25) is 0 Å². The van der Waals surface area contributed by atoms with Crippen LogP contribution in [0.4, 0.5) is 5.95 Å². The molecule has 0 bridgehead atoms. The summed E-state index contributed by atoms with van der Waals surface area (Å²) in [5, 5.41) is 5.47. The van der Waals surface area contributed by atoms with Gasteiger partial charge in [0.2, 0.25) is 5.95 Å². The summed E-state index contributed by atoms with van der Waals surface area (Å²) in [4.78, 5) is 5.65. The van der Waals surface area contributed by atoms with Gasteiger partial charge in [-0.15, -0.1) is 11.3 Å². The lowest BCUT2D eigenvalue weighted by atomic mass is 10.3. The normalized spacial score (nSPS) is 10.7. The second kappa shape index (κ2) is 5.84. The van der Waals surface area contributed by atoms with Crippen molar-refractivity contribution in [3.63, 3.8) is 0 Å². The minimum Gasteiger partial charge on any atom is -0.383 e. The fourth-order valence-electron chi connectivity index (χ4n) is 1.59. The maximum absolute atomic E-state index is 5.07. The van der Waals surface area contributed by atoms with Crippen molar-refractivity contribution in [2.45, 2.75) is 20.0 Å². The van der Waals surface area contributed by atoms with Gasteiger partial charge in [-0.05, 0) is 23.9 Å². The maximum atomic E-state index is 5.07. The molecule has 0 fully saturated rings. The van der Waals surface area contributed by atoms with Gasteiger partial charge in [0.15, 0.2) is 0 Å². The first-order valence-electron chi connectivity index (χ1n) is 5.58. The standard InChI is InChI=1S/C12H17N3OS/c1-10-3-8-17-11(10)9-14-12-13-4-5-15(12)6-7-16-2/h3-5,8H,6-7,9H2,1-2H3,(H,13,14). The number of methoxy groups -OCH3 is 1. The number of ether oxygens (including phenoxy) is 1. The second-order valence-electron chi connectivity index (χ2n) is 3.82. The fourth-order valence-corrected chi connectivity index (χ4v) is 2.44. The number of aryl methyl sites for hydroxylation is 1. The summed E-state index contributed by atoms with van der Waals surface area (Å²) in [6.45, 7) is 4.48. The molecule has 0 aliphatic carbocycles. The van der Waals surface area contributed by atoms with Crippen LogP contribution in [0, 0.1) is 6.92 Å². The van der Waals surface area contributed by atoms with E-state index in [4.69, 9.17) is 4.74 Å². The Morgan fingerprint density at radius 1 is 1.53 bits per heavy atom. The molecule has 1 N–H and O–H groups in total. The monoisotopic (exact) mass is 251 g/mol. The van der Waals surface area contributed by atoms with E-state index >= 15 is 0 Å². The molecule has 17 heavy (non-hydrogen) atoms. The quantitative estimate of drug-likeness (QED) is 0.857. The van der Waals surface area contributed by atoms with Crippen molar-refractivity contribution in [3.8, 4) is 0 Å². The van der Waals surface area contributed by atoms with E-state index in [9.17, 15) is 0 Å². The molecule has 0 amide bonds. The minimum absolute atomic E-state index is 0.697. The maximum Gasteiger partial charge on any atom is 0.203 e. The Balaban J connectivity index is 1.95. The highest BCUT2D eigenvalue weighted by Gasteiger charge is 2.04. The van der Waals surface area contributed by atoms with Gasteiger partial charge in [-0.1, -0.05) is 0 Å². The molecule has 0 aliphatic rings. The van der Waals surface area contributed by atoms with Crippen LogP contribution in [0.2, 0.25) is 0 Å². The van der Waals surface area contributed by atoms with Crippen LogP contribution in [0.25, 0.3) is 0 Å². The van der Waals surface area contributed by atoms with E-state index in [0.717, 1.165) is 19.0 Å². The molecule has 2 heterocycles. The SMILES string of the molecule is COCCn1ccnc1NCc1sccc1C. The van der Waals surface area contributed by atoms with Crippen LogP contribution in [0.3, 0.4) is 0 Å². The Hall–Kier alpha value is -1.33. The topological polar surface area (TPSA) is 39.1 Å². The Morgan fingerprint density at radius 3 is 3.12 bits per heavy atom. The molecule has 0 radical (unpaired) electrons. The van der Waals surface area contributed by atoms with Gasteiger partial charge >= 0.3 is 0 Å². The second-order valence-corrected chi connectivity index (χ2v) is 4.82. The molecule has 2 aromatic heterocycles. The van der Waals surface area contributed by atoms with E-state index in [2.05, 4.69) is 33.2 Å². The van der Waals surface area contributed by atoms with Crippen molar-refractivity contribution in [3.05, 3.63) is 34.3 Å². The highest BCUT2D eigenvalue weighted by Crippen LogP contribution is 2.17. The lowest BCUT2D eigenvalue weighted by Crippen LogP contribution is -2.09. The Labute approximate surface area is 105 Å². The molecule has 0 spiro atoms. The molecule has 4 nitrogen and oxygen atoms in total. The van der Waals surface area contributed by atoms with Crippen molar-refractivity contribution in [2.75, 3.05) is 19.0 Å². The van der Waals surface area contributed by atoms with Gasteiger partial charge in [0, 0.05) is 30.9 Å². The summed E-state index contributed by atoms with van der Waals surface area (Å²) in [6, 6.07) is 2.14. The van der Waals surface area contributed by atoms with Gasteiger partial charge in [0.1, 0.15) is 0 Å². The van der Waals surface area contributed by atoms with Crippen molar-refractivity contribution < 1.29 is 4.74 Å². The van der Waals surface area contributed by atoms with E-state index in [-0.39, 0.29) is 0 Å². The van der Waals surface area contributed by atoms with Crippen molar-refractivity contribution in [1.29, 1.82) is 0 Å². The number of nitrogens with one attached hydrogen (secondary N) is 1. The number of hydrogen-bond donors (Lipinski definition) is 1. The molecule has 0 unspecified atom stereocenters. The van der Waals surface area contributed by atoms with Crippen LogP contribution in [-0.4, -0.2) is 23.3 Å². The molecular formula is C12H17N3OS. The molecule has 0 aromatic carbocycles. The van der Waals surface area contributed by atoms with Crippen molar-refractivity contribution in [1.82, 2.24) is 9.55 Å². The van der Waals surface area contributed by atoms with E-state index in [1.165, 1.54) is 10.4 Å². The molecule has 2 aromatic rings. The Kier molecular flexibility index (Phi) is 4.17. The number of imidazole rings is 1. The first-order valence-corrected chi connectivity index (χ1v) is 6.46. The lowest BCUT2D eigenvalue weighted by Gasteiger charge is -2.09. The molecule has 0 saturated heterocycles. The smallest absolute Gasteiger partial charge is 0.203 e. The first-order chi connectivity index (χ1) is 8.31. The zero-order valence-corrected chi connectivity index (χ0v) is 11.0. The van der Waals surface area contributed by atoms with Gasteiger partial charge < -0.3 is 14.6 Å². The molecule has 92 valence electrons. The average molecular weight is 251 g/mol. The third kappa shape index (κ3) is 3.08. The minimum atomic E-state index is 0.697. The summed E-state index contributed by atoms with van der Waals surface area (Å²) in [7, 11) is 1.71. The average Bonchev–Trinajstić information content (AvgIpc) is 2.93. The predicted molar refractivity (Wildman–Crippen MR) is 70.5 cm³/mol. The predicted octanol–water partition coefficient (Wildman–Crippen LogP) is 2.51. The van der Waals surface area contributed by atoms with Crippen LogP contribution in [0.5, 0.6) is 0 Å². The van der Waals surface area contributed by atoms with Gasteiger partial charge in [-0.2, -0.15) is 0 Å². The van der Waals surface area contributed by atoms with Crippen molar-refractivity contribution >= 4 is 17.3 Å². The number of hydrogen-bond acceptors (Lipinski definition) is 4. The summed E-state index contributed by atoms with van der Waals surface area (Å²) >= 11 is 1.77. The number of rotatable bonds is 6.